The Labute approximate surface area is 120 Å². The van der Waals surface area contributed by atoms with Crippen LogP contribution in [-0.4, -0.2) is 18.1 Å². The Morgan fingerprint density at radius 3 is 2.48 bits per heavy atom. The van der Waals surface area contributed by atoms with Crippen molar-refractivity contribution in [3.05, 3.63) is 29.8 Å². The zero-order chi connectivity index (χ0) is 16.1. The van der Waals surface area contributed by atoms with Crippen LogP contribution in [0.1, 0.15) is 26.3 Å². The van der Waals surface area contributed by atoms with E-state index in [4.69, 9.17) is 4.74 Å². The Balaban J connectivity index is 2.46. The highest BCUT2D eigenvalue weighted by Gasteiger charge is 2.31. The predicted molar refractivity (Wildman–Crippen MR) is 69.3 cm³/mol. The van der Waals surface area contributed by atoms with Gasteiger partial charge in [-0.25, -0.2) is 10.2 Å². The number of carbonyl (C=O) groups excluding carboxylic acids is 1. The van der Waals surface area contributed by atoms with Gasteiger partial charge in [0.1, 0.15) is 11.4 Å². The summed E-state index contributed by atoms with van der Waals surface area (Å²) in [6, 6.07) is 5.42. The lowest BCUT2D eigenvalue weighted by molar-refractivity contribution is -0.274. The quantitative estimate of drug-likeness (QED) is 0.839. The summed E-state index contributed by atoms with van der Waals surface area (Å²) in [4.78, 5) is 11.3. The van der Waals surface area contributed by atoms with E-state index >= 15 is 0 Å². The fourth-order valence-corrected chi connectivity index (χ4v) is 1.37. The average Bonchev–Trinajstić information content (AvgIpc) is 2.24. The van der Waals surface area contributed by atoms with Crippen molar-refractivity contribution in [2.75, 3.05) is 0 Å². The van der Waals surface area contributed by atoms with Crippen LogP contribution in [0.2, 0.25) is 0 Å². The normalized spacial score (nSPS) is 11.9. The third-order valence-corrected chi connectivity index (χ3v) is 2.01. The molecule has 1 rings (SSSR count). The molecule has 1 aromatic rings. The van der Waals surface area contributed by atoms with E-state index in [9.17, 15) is 18.0 Å². The van der Waals surface area contributed by atoms with Gasteiger partial charge in [0.2, 0.25) is 0 Å². The van der Waals surface area contributed by atoms with E-state index in [1.165, 1.54) is 18.2 Å². The second-order valence-electron chi connectivity index (χ2n) is 5.18. The second kappa shape index (κ2) is 6.66. The molecule has 0 radical (unpaired) electrons. The molecule has 0 bridgehead atoms. The van der Waals surface area contributed by atoms with Crippen molar-refractivity contribution < 1.29 is 27.4 Å². The van der Waals surface area contributed by atoms with Crippen LogP contribution in [0.4, 0.5) is 18.0 Å². The van der Waals surface area contributed by atoms with Gasteiger partial charge >= 0.3 is 12.5 Å². The third-order valence-electron chi connectivity index (χ3n) is 2.01. The van der Waals surface area contributed by atoms with Crippen molar-refractivity contribution in [3.63, 3.8) is 0 Å². The first kappa shape index (κ1) is 17.1. The van der Waals surface area contributed by atoms with Crippen molar-refractivity contribution in [3.8, 4) is 5.75 Å². The van der Waals surface area contributed by atoms with E-state index in [2.05, 4.69) is 15.6 Å². The summed E-state index contributed by atoms with van der Waals surface area (Å²) in [5, 5.41) is 0. The number of nitrogens with one attached hydrogen (secondary N) is 2. The number of hydrazine groups is 1. The number of halogens is 3. The minimum Gasteiger partial charge on any atom is -0.443 e. The molecule has 0 spiro atoms. The van der Waals surface area contributed by atoms with Crippen LogP contribution >= 0.6 is 0 Å². The molecule has 1 aromatic carbocycles. The average molecular weight is 306 g/mol. The smallest absolute Gasteiger partial charge is 0.443 e. The van der Waals surface area contributed by atoms with Gasteiger partial charge in [0, 0.05) is 6.54 Å². The first-order chi connectivity index (χ1) is 9.55. The number of hydrogen-bond donors (Lipinski definition) is 2. The minimum atomic E-state index is -4.74. The number of amides is 1. The molecule has 0 saturated carbocycles. The maximum absolute atomic E-state index is 12.1. The van der Waals surface area contributed by atoms with Gasteiger partial charge in [0.25, 0.3) is 0 Å². The maximum atomic E-state index is 12.1. The largest absolute Gasteiger partial charge is 0.573 e. The number of benzene rings is 1. The highest BCUT2D eigenvalue weighted by Crippen LogP contribution is 2.23. The molecule has 0 aliphatic heterocycles. The minimum absolute atomic E-state index is 0.119. The van der Waals surface area contributed by atoms with Crippen molar-refractivity contribution in [1.29, 1.82) is 0 Å². The molecule has 0 aliphatic carbocycles. The van der Waals surface area contributed by atoms with E-state index in [0.717, 1.165) is 0 Å². The molecule has 5 nitrogen and oxygen atoms in total. The summed E-state index contributed by atoms with van der Waals surface area (Å²) in [6.45, 7) is 5.26. The van der Waals surface area contributed by atoms with Gasteiger partial charge in [-0.05, 0) is 38.5 Å². The lowest BCUT2D eigenvalue weighted by Crippen LogP contribution is -2.40. The van der Waals surface area contributed by atoms with E-state index in [0.29, 0.717) is 5.56 Å². The Bertz CT molecular complexity index is 484. The van der Waals surface area contributed by atoms with Crippen LogP contribution in [0.3, 0.4) is 0 Å². The summed E-state index contributed by atoms with van der Waals surface area (Å²) in [5.41, 5.74) is 4.71. The van der Waals surface area contributed by atoms with E-state index in [1.54, 1.807) is 26.8 Å². The topological polar surface area (TPSA) is 59.6 Å². The van der Waals surface area contributed by atoms with Crippen LogP contribution in [0, 0.1) is 0 Å². The predicted octanol–water partition coefficient (Wildman–Crippen LogP) is 3.11. The molecule has 0 heterocycles. The number of carbonyl (C=O) groups is 1. The lowest BCUT2D eigenvalue weighted by atomic mass is 10.2. The summed E-state index contributed by atoms with van der Waals surface area (Å²) < 4.78 is 45.0. The van der Waals surface area contributed by atoms with Gasteiger partial charge in [-0.3, -0.25) is 5.43 Å². The van der Waals surface area contributed by atoms with Gasteiger partial charge in [-0.15, -0.1) is 13.2 Å². The summed E-state index contributed by atoms with van der Waals surface area (Å²) >= 11 is 0. The van der Waals surface area contributed by atoms with Gasteiger partial charge in [-0.1, -0.05) is 12.1 Å². The highest BCUT2D eigenvalue weighted by atomic mass is 19.4. The number of ether oxygens (including phenoxy) is 2. The van der Waals surface area contributed by atoms with Crippen LogP contribution in [0.15, 0.2) is 24.3 Å². The Morgan fingerprint density at radius 1 is 1.24 bits per heavy atom. The van der Waals surface area contributed by atoms with Gasteiger partial charge in [0.05, 0.1) is 0 Å². The molecular weight excluding hydrogens is 289 g/mol. The van der Waals surface area contributed by atoms with Gasteiger partial charge in [0.15, 0.2) is 0 Å². The first-order valence-electron chi connectivity index (χ1n) is 6.12. The molecular formula is C13H17F3N2O3. The molecule has 0 saturated heterocycles. The Kier molecular flexibility index (Phi) is 5.42. The van der Waals surface area contributed by atoms with Crippen LogP contribution < -0.4 is 15.6 Å². The standard InChI is InChI=1S/C13H17F3N2O3/c1-12(2,3)21-11(19)18-17-8-9-5-4-6-10(7-9)20-13(14,15)16/h4-7,17H,8H2,1-3H3,(H,18,19). The zero-order valence-electron chi connectivity index (χ0n) is 11.9. The molecule has 8 heteroatoms. The fourth-order valence-electron chi connectivity index (χ4n) is 1.37. The van der Waals surface area contributed by atoms with Crippen LogP contribution in [-0.2, 0) is 11.3 Å². The van der Waals surface area contributed by atoms with Crippen LogP contribution in [0.5, 0.6) is 5.75 Å². The SMILES string of the molecule is CC(C)(C)OC(=O)NNCc1cccc(OC(F)(F)F)c1. The Morgan fingerprint density at radius 2 is 1.90 bits per heavy atom. The molecule has 0 fully saturated rings. The second-order valence-corrected chi connectivity index (χ2v) is 5.18. The first-order valence-corrected chi connectivity index (χ1v) is 6.12. The van der Waals surface area contributed by atoms with Crippen molar-refractivity contribution in [2.24, 2.45) is 0 Å². The van der Waals surface area contributed by atoms with E-state index in [-0.39, 0.29) is 12.3 Å². The van der Waals surface area contributed by atoms with E-state index < -0.39 is 18.1 Å². The lowest BCUT2D eigenvalue weighted by Gasteiger charge is -2.19. The summed E-state index contributed by atoms with van der Waals surface area (Å²) in [7, 11) is 0. The molecule has 0 unspecified atom stereocenters. The fraction of sp³-hybridized carbons (Fsp3) is 0.462. The summed E-state index contributed by atoms with van der Waals surface area (Å²) in [5.74, 6) is -0.320. The number of alkyl halides is 3. The molecule has 118 valence electrons. The van der Waals surface area contributed by atoms with Crippen molar-refractivity contribution in [2.45, 2.75) is 39.3 Å². The number of rotatable bonds is 4. The van der Waals surface area contributed by atoms with Gasteiger partial charge < -0.3 is 9.47 Å². The zero-order valence-corrected chi connectivity index (χ0v) is 11.9. The maximum Gasteiger partial charge on any atom is 0.573 e. The van der Waals surface area contributed by atoms with Crippen LogP contribution in [0.25, 0.3) is 0 Å². The van der Waals surface area contributed by atoms with E-state index in [1.807, 2.05) is 0 Å². The van der Waals surface area contributed by atoms with Crippen molar-refractivity contribution in [1.82, 2.24) is 10.9 Å². The molecule has 1 amide bonds. The summed E-state index contributed by atoms with van der Waals surface area (Å²) in [6.07, 6.45) is -5.41. The van der Waals surface area contributed by atoms with Crippen molar-refractivity contribution >= 4 is 6.09 Å². The number of hydrogen-bond acceptors (Lipinski definition) is 4. The molecule has 0 aromatic heterocycles. The van der Waals surface area contributed by atoms with Gasteiger partial charge in [-0.2, -0.15) is 0 Å². The molecule has 21 heavy (non-hydrogen) atoms. The Hall–Kier alpha value is -1.96. The molecule has 0 atom stereocenters. The monoisotopic (exact) mass is 306 g/mol. The highest BCUT2D eigenvalue weighted by molar-refractivity contribution is 5.66. The third kappa shape index (κ3) is 8.03. The molecule has 0 aliphatic rings. The molecule has 2 N–H and O–H groups in total.